The van der Waals surface area contributed by atoms with Crippen LogP contribution < -0.4 is 15.4 Å². The van der Waals surface area contributed by atoms with E-state index in [4.69, 9.17) is 14.2 Å². The van der Waals surface area contributed by atoms with Gasteiger partial charge in [0.25, 0.3) is 17.7 Å². The maximum absolute atomic E-state index is 13.0. The molecule has 0 radical (unpaired) electrons. The van der Waals surface area contributed by atoms with Crippen LogP contribution >= 0.6 is 0 Å². The molecule has 2 saturated heterocycles. The third kappa shape index (κ3) is 6.98. The lowest BCUT2D eigenvalue weighted by Gasteiger charge is -2.27. The highest BCUT2D eigenvalue weighted by molar-refractivity contribution is 6.24. The second-order valence-electron chi connectivity index (χ2n) is 9.37. The fourth-order valence-electron chi connectivity index (χ4n) is 4.68. The Morgan fingerprint density at radius 2 is 1.72 bits per heavy atom. The number of hydrogen-bond donors (Lipinski definition) is 2. The molecule has 0 spiro atoms. The number of amides is 6. The average molecular weight is 545 g/mol. The van der Waals surface area contributed by atoms with Gasteiger partial charge in [-0.2, -0.15) is 0 Å². The van der Waals surface area contributed by atoms with Crippen LogP contribution in [-0.4, -0.2) is 104 Å². The van der Waals surface area contributed by atoms with E-state index < -0.39 is 42.2 Å². The summed E-state index contributed by atoms with van der Waals surface area (Å²) >= 11 is 0. The first-order valence-corrected chi connectivity index (χ1v) is 13.0. The summed E-state index contributed by atoms with van der Waals surface area (Å²) in [5.74, 6) is -2.96. The Hall–Kier alpha value is -3.84. The Bertz CT molecular complexity index is 1130. The Labute approximate surface area is 225 Å². The van der Waals surface area contributed by atoms with Crippen molar-refractivity contribution in [2.75, 3.05) is 52.7 Å². The number of nitrogens with zero attached hydrogens (tertiary/aromatic N) is 2. The molecule has 4 rings (SSSR count). The van der Waals surface area contributed by atoms with Gasteiger partial charge in [0.15, 0.2) is 6.61 Å². The fraction of sp³-hybridized carbons (Fsp3) is 0.538. The number of benzene rings is 1. The molecule has 1 unspecified atom stereocenters. The lowest BCUT2D eigenvalue weighted by Crippen LogP contribution is -2.54. The van der Waals surface area contributed by atoms with Gasteiger partial charge in [-0.15, -0.1) is 0 Å². The topological polar surface area (TPSA) is 161 Å². The van der Waals surface area contributed by atoms with Gasteiger partial charge >= 0.3 is 0 Å². The van der Waals surface area contributed by atoms with Crippen LogP contribution in [0.1, 0.15) is 52.8 Å². The Kier molecular flexibility index (Phi) is 9.60. The zero-order valence-corrected chi connectivity index (χ0v) is 21.6. The molecule has 3 aliphatic heterocycles. The van der Waals surface area contributed by atoms with Crippen molar-refractivity contribution in [1.29, 1.82) is 0 Å². The number of imide groups is 2. The largest absolute Gasteiger partial charge is 0.483 e. The molecule has 210 valence electrons. The number of carbonyl (C=O) groups is 6. The van der Waals surface area contributed by atoms with E-state index in [0.717, 1.165) is 37.3 Å². The van der Waals surface area contributed by atoms with Gasteiger partial charge in [0.1, 0.15) is 18.4 Å². The summed E-state index contributed by atoms with van der Waals surface area (Å²) in [7, 11) is 0. The van der Waals surface area contributed by atoms with Crippen LogP contribution in [0.2, 0.25) is 0 Å². The van der Waals surface area contributed by atoms with Crippen LogP contribution in [0, 0.1) is 0 Å². The van der Waals surface area contributed by atoms with Crippen molar-refractivity contribution in [3.63, 3.8) is 0 Å². The highest BCUT2D eigenvalue weighted by Gasteiger charge is 2.46. The molecule has 1 aromatic rings. The molecule has 6 amide bonds. The molecule has 1 atom stereocenters. The van der Waals surface area contributed by atoms with Crippen molar-refractivity contribution >= 4 is 35.4 Å². The van der Waals surface area contributed by atoms with Gasteiger partial charge in [0, 0.05) is 26.1 Å². The SMILES string of the molecule is O=C(COc1cccc2c1C(=O)N(C1CCC(=O)NC1=O)C2=O)NCCOCCOCC(=O)N1CCCCC1. The lowest BCUT2D eigenvalue weighted by atomic mass is 10.0. The summed E-state index contributed by atoms with van der Waals surface area (Å²) in [6.07, 6.45) is 3.27. The number of piperidine rings is 2. The lowest BCUT2D eigenvalue weighted by molar-refractivity contribution is -0.138. The number of rotatable bonds is 12. The van der Waals surface area contributed by atoms with Gasteiger partial charge in [-0.1, -0.05) is 6.07 Å². The minimum absolute atomic E-state index is 0.0132. The van der Waals surface area contributed by atoms with Crippen molar-refractivity contribution in [1.82, 2.24) is 20.4 Å². The van der Waals surface area contributed by atoms with Gasteiger partial charge in [-0.25, -0.2) is 0 Å². The van der Waals surface area contributed by atoms with Crippen molar-refractivity contribution in [3.05, 3.63) is 29.3 Å². The van der Waals surface area contributed by atoms with E-state index in [2.05, 4.69) is 10.6 Å². The molecule has 0 aliphatic carbocycles. The van der Waals surface area contributed by atoms with E-state index in [1.54, 1.807) is 0 Å². The van der Waals surface area contributed by atoms with Crippen molar-refractivity contribution in [2.45, 2.75) is 38.1 Å². The number of hydrogen-bond acceptors (Lipinski definition) is 9. The van der Waals surface area contributed by atoms with E-state index in [-0.39, 0.29) is 68.6 Å². The zero-order valence-electron chi connectivity index (χ0n) is 21.6. The standard InChI is InChI=1S/C26H32N4O9/c31-20-8-7-18(24(34)28-20)30-25(35)17-5-4-6-19(23(17)26(30)36)39-15-21(32)27-9-12-37-13-14-38-16-22(33)29-10-2-1-3-11-29/h4-6,18H,1-3,7-16H2,(H,27,32)(H,28,31,34). The van der Waals surface area contributed by atoms with Crippen molar-refractivity contribution in [2.24, 2.45) is 0 Å². The quantitative estimate of drug-likeness (QED) is 0.264. The van der Waals surface area contributed by atoms with E-state index in [1.807, 2.05) is 4.90 Å². The van der Waals surface area contributed by atoms with Crippen LogP contribution in [0.4, 0.5) is 0 Å². The summed E-state index contributed by atoms with van der Waals surface area (Å²) in [5, 5.41) is 4.77. The summed E-state index contributed by atoms with van der Waals surface area (Å²) in [4.78, 5) is 76.4. The second-order valence-corrected chi connectivity index (χ2v) is 9.37. The van der Waals surface area contributed by atoms with Gasteiger partial charge in [0.2, 0.25) is 17.7 Å². The van der Waals surface area contributed by atoms with E-state index in [1.165, 1.54) is 18.2 Å². The third-order valence-corrected chi connectivity index (χ3v) is 6.66. The Balaban J connectivity index is 1.15. The van der Waals surface area contributed by atoms with Gasteiger partial charge in [0.05, 0.1) is 30.9 Å². The number of carbonyl (C=O) groups excluding carboxylic acids is 6. The maximum Gasteiger partial charge on any atom is 0.266 e. The third-order valence-electron chi connectivity index (χ3n) is 6.66. The van der Waals surface area contributed by atoms with E-state index in [0.29, 0.717) is 0 Å². The predicted octanol–water partition coefficient (Wildman–Crippen LogP) is -0.371. The molecule has 2 fully saturated rings. The van der Waals surface area contributed by atoms with Crippen LogP contribution in [0.3, 0.4) is 0 Å². The summed E-state index contributed by atoms with van der Waals surface area (Å²) < 4.78 is 16.3. The van der Waals surface area contributed by atoms with Gasteiger partial charge in [-0.3, -0.25) is 39.0 Å². The number of ether oxygens (including phenoxy) is 3. The van der Waals surface area contributed by atoms with Gasteiger partial charge in [-0.05, 0) is 37.8 Å². The molecule has 3 aliphatic rings. The Morgan fingerprint density at radius 3 is 2.49 bits per heavy atom. The minimum atomic E-state index is -1.09. The van der Waals surface area contributed by atoms with Crippen molar-refractivity contribution in [3.8, 4) is 5.75 Å². The first-order chi connectivity index (χ1) is 18.9. The van der Waals surface area contributed by atoms with E-state index >= 15 is 0 Å². The molecule has 0 aromatic heterocycles. The first kappa shape index (κ1) is 28.2. The molecule has 39 heavy (non-hydrogen) atoms. The summed E-state index contributed by atoms with van der Waals surface area (Å²) in [5.41, 5.74) is 0.0398. The fourth-order valence-corrected chi connectivity index (χ4v) is 4.68. The second kappa shape index (κ2) is 13.3. The van der Waals surface area contributed by atoms with Crippen LogP contribution in [0.25, 0.3) is 0 Å². The smallest absolute Gasteiger partial charge is 0.266 e. The molecule has 0 saturated carbocycles. The molecule has 3 heterocycles. The molecule has 13 heteroatoms. The zero-order chi connectivity index (χ0) is 27.8. The molecule has 2 N–H and O–H groups in total. The van der Waals surface area contributed by atoms with Crippen molar-refractivity contribution < 1.29 is 43.0 Å². The van der Waals surface area contributed by atoms with Crippen LogP contribution in [-0.2, 0) is 28.7 Å². The normalized spacial score (nSPS) is 19.1. The highest BCUT2D eigenvalue weighted by atomic mass is 16.5. The minimum Gasteiger partial charge on any atom is -0.483 e. The Morgan fingerprint density at radius 1 is 0.949 bits per heavy atom. The number of nitrogens with one attached hydrogen (secondary N) is 2. The van der Waals surface area contributed by atoms with Crippen LogP contribution in [0.15, 0.2) is 18.2 Å². The summed E-state index contributed by atoms with van der Waals surface area (Å²) in [6, 6.07) is 3.33. The van der Waals surface area contributed by atoms with E-state index in [9.17, 15) is 28.8 Å². The molecular weight excluding hydrogens is 512 g/mol. The maximum atomic E-state index is 13.0. The van der Waals surface area contributed by atoms with Gasteiger partial charge < -0.3 is 24.4 Å². The monoisotopic (exact) mass is 544 g/mol. The number of likely N-dealkylation sites (tertiary alicyclic amines) is 1. The number of fused-ring (bicyclic) bond motifs is 1. The molecular formula is C26H32N4O9. The average Bonchev–Trinajstić information content (AvgIpc) is 3.19. The summed E-state index contributed by atoms with van der Waals surface area (Å²) in [6.45, 7) is 2.16. The molecule has 0 bridgehead atoms. The molecule has 13 nitrogen and oxygen atoms in total. The van der Waals surface area contributed by atoms with Crippen LogP contribution in [0.5, 0.6) is 5.75 Å². The predicted molar refractivity (Wildman–Crippen MR) is 134 cm³/mol. The highest BCUT2D eigenvalue weighted by Crippen LogP contribution is 2.33. The molecule has 1 aromatic carbocycles. The first-order valence-electron chi connectivity index (χ1n) is 13.0.